The first kappa shape index (κ1) is 11.4. The topological polar surface area (TPSA) is 65.2 Å². The number of halogens is 1. The number of methoxy groups -OCH3 is 1. The normalized spacial score (nSPS) is 10.4. The Morgan fingerprint density at radius 1 is 1.50 bits per heavy atom. The van der Waals surface area contributed by atoms with E-state index in [0.29, 0.717) is 20.0 Å². The molecular formula is C9H7ClN2O2S2. The van der Waals surface area contributed by atoms with Crippen LogP contribution in [0.2, 0.25) is 4.34 Å². The first-order valence-corrected chi connectivity index (χ1v) is 6.23. The molecule has 0 radical (unpaired) electrons. The molecule has 0 fully saturated rings. The number of nitrogens with zero attached hydrogens (tertiary/aromatic N) is 1. The minimum atomic E-state index is -0.436. The van der Waals surface area contributed by atoms with Crippen molar-refractivity contribution in [2.45, 2.75) is 0 Å². The Hall–Kier alpha value is -1.11. The summed E-state index contributed by atoms with van der Waals surface area (Å²) in [4.78, 5) is 16.8. The lowest BCUT2D eigenvalue weighted by Crippen LogP contribution is -1.99. The predicted octanol–water partition coefficient (Wildman–Crippen LogP) is 2.89. The van der Waals surface area contributed by atoms with E-state index in [1.807, 2.05) is 0 Å². The Labute approximate surface area is 105 Å². The molecule has 0 aliphatic heterocycles. The van der Waals surface area contributed by atoms with Crippen LogP contribution in [-0.2, 0) is 4.74 Å². The van der Waals surface area contributed by atoms with Crippen LogP contribution in [0, 0.1) is 0 Å². The van der Waals surface area contributed by atoms with Crippen molar-refractivity contribution in [2.24, 2.45) is 0 Å². The van der Waals surface area contributed by atoms with Gasteiger partial charge in [-0.3, -0.25) is 0 Å². The van der Waals surface area contributed by atoms with Crippen molar-refractivity contribution in [1.82, 2.24) is 4.98 Å². The van der Waals surface area contributed by atoms with Crippen molar-refractivity contribution >= 4 is 45.4 Å². The zero-order valence-corrected chi connectivity index (χ0v) is 10.6. The van der Waals surface area contributed by atoms with E-state index in [-0.39, 0.29) is 0 Å². The van der Waals surface area contributed by atoms with Gasteiger partial charge in [-0.25, -0.2) is 9.78 Å². The van der Waals surface area contributed by atoms with Crippen molar-refractivity contribution in [3.63, 3.8) is 0 Å². The van der Waals surface area contributed by atoms with Crippen LogP contribution >= 0.6 is 34.3 Å². The minimum Gasteiger partial charge on any atom is -0.465 e. The summed E-state index contributed by atoms with van der Waals surface area (Å²) in [6, 6.07) is 3.55. The lowest BCUT2D eigenvalue weighted by molar-refractivity contribution is 0.0607. The average molecular weight is 275 g/mol. The molecule has 2 N–H and O–H groups in total. The third-order valence-electron chi connectivity index (χ3n) is 1.82. The highest BCUT2D eigenvalue weighted by molar-refractivity contribution is 7.21. The molecule has 0 saturated heterocycles. The highest BCUT2D eigenvalue weighted by atomic mass is 35.5. The van der Waals surface area contributed by atoms with E-state index < -0.39 is 5.97 Å². The van der Waals surface area contributed by atoms with E-state index in [1.165, 1.54) is 18.4 Å². The van der Waals surface area contributed by atoms with E-state index in [2.05, 4.69) is 9.72 Å². The summed E-state index contributed by atoms with van der Waals surface area (Å²) in [5.41, 5.74) is 6.12. The number of nitrogen functional groups attached to an aromatic ring is 1. The lowest BCUT2D eigenvalue weighted by atomic mass is 10.3. The van der Waals surface area contributed by atoms with Crippen molar-refractivity contribution < 1.29 is 9.53 Å². The van der Waals surface area contributed by atoms with Gasteiger partial charge in [-0.2, -0.15) is 0 Å². The van der Waals surface area contributed by atoms with Gasteiger partial charge in [0, 0.05) is 0 Å². The predicted molar refractivity (Wildman–Crippen MR) is 66.2 cm³/mol. The summed E-state index contributed by atoms with van der Waals surface area (Å²) in [6.07, 6.45) is 0. The summed E-state index contributed by atoms with van der Waals surface area (Å²) in [5, 5.41) is 0.333. The molecule has 2 rings (SSSR count). The molecule has 16 heavy (non-hydrogen) atoms. The lowest BCUT2D eigenvalue weighted by Gasteiger charge is -1.96. The molecule has 0 bridgehead atoms. The molecule has 0 aromatic carbocycles. The summed E-state index contributed by atoms with van der Waals surface area (Å²) in [5.74, 6) is -0.436. The number of hydrogen-bond donors (Lipinski definition) is 1. The fourth-order valence-corrected chi connectivity index (χ4v) is 3.04. The van der Waals surface area contributed by atoms with Gasteiger partial charge in [0.15, 0.2) is 5.13 Å². The molecule has 0 saturated carbocycles. The number of thiophene rings is 1. The van der Waals surface area contributed by atoms with Gasteiger partial charge in [-0.15, -0.1) is 11.3 Å². The Balaban J connectivity index is 2.52. The van der Waals surface area contributed by atoms with Crippen LogP contribution in [0.1, 0.15) is 9.67 Å². The maximum atomic E-state index is 11.5. The third-order valence-corrected chi connectivity index (χ3v) is 3.92. The molecule has 84 valence electrons. The number of rotatable bonds is 2. The zero-order chi connectivity index (χ0) is 11.7. The molecule has 4 nitrogen and oxygen atoms in total. The number of aromatic nitrogens is 1. The second-order valence-corrected chi connectivity index (χ2v) is 5.57. The molecule has 0 aliphatic rings. The van der Waals surface area contributed by atoms with Gasteiger partial charge in [-0.05, 0) is 12.1 Å². The molecule has 0 aliphatic carbocycles. The maximum absolute atomic E-state index is 11.5. The molecule has 0 spiro atoms. The van der Waals surface area contributed by atoms with Gasteiger partial charge in [0.1, 0.15) is 10.6 Å². The van der Waals surface area contributed by atoms with Gasteiger partial charge in [0.05, 0.1) is 16.3 Å². The average Bonchev–Trinajstić information content (AvgIpc) is 2.83. The van der Waals surface area contributed by atoms with Crippen LogP contribution in [-0.4, -0.2) is 18.1 Å². The van der Waals surface area contributed by atoms with E-state index in [0.717, 1.165) is 16.2 Å². The smallest absolute Gasteiger partial charge is 0.350 e. The molecule has 2 heterocycles. The molecule has 0 atom stereocenters. The first-order chi connectivity index (χ1) is 7.61. The molecule has 7 heteroatoms. The molecule has 2 aromatic heterocycles. The molecule has 0 amide bonds. The highest BCUT2D eigenvalue weighted by Gasteiger charge is 2.20. The van der Waals surface area contributed by atoms with Crippen LogP contribution in [0.3, 0.4) is 0 Å². The molecule has 0 unspecified atom stereocenters. The van der Waals surface area contributed by atoms with Crippen LogP contribution in [0.4, 0.5) is 5.13 Å². The number of nitrogens with two attached hydrogens (primary N) is 1. The van der Waals surface area contributed by atoms with Crippen molar-refractivity contribution in [2.75, 3.05) is 12.8 Å². The number of carbonyl (C=O) groups excluding carboxylic acids is 1. The van der Waals surface area contributed by atoms with Crippen LogP contribution < -0.4 is 5.73 Å². The van der Waals surface area contributed by atoms with E-state index >= 15 is 0 Å². The largest absolute Gasteiger partial charge is 0.465 e. The monoisotopic (exact) mass is 274 g/mol. The number of anilines is 1. The van der Waals surface area contributed by atoms with E-state index in [9.17, 15) is 4.79 Å². The number of carbonyl (C=O) groups is 1. The first-order valence-electron chi connectivity index (χ1n) is 4.22. The summed E-state index contributed by atoms with van der Waals surface area (Å²) in [6.45, 7) is 0. The number of esters is 1. The van der Waals surface area contributed by atoms with E-state index in [4.69, 9.17) is 17.3 Å². The highest BCUT2D eigenvalue weighted by Crippen LogP contribution is 2.36. The van der Waals surface area contributed by atoms with Gasteiger partial charge >= 0.3 is 5.97 Å². The molecular weight excluding hydrogens is 268 g/mol. The van der Waals surface area contributed by atoms with Crippen molar-refractivity contribution in [3.8, 4) is 10.6 Å². The fraction of sp³-hybridized carbons (Fsp3) is 0.111. The summed E-state index contributed by atoms with van der Waals surface area (Å²) in [7, 11) is 1.32. The van der Waals surface area contributed by atoms with Gasteiger partial charge < -0.3 is 10.5 Å². The second kappa shape index (κ2) is 4.40. The number of thiazole rings is 1. The maximum Gasteiger partial charge on any atom is 0.350 e. The second-order valence-electron chi connectivity index (χ2n) is 2.83. The summed E-state index contributed by atoms with van der Waals surface area (Å²) < 4.78 is 5.30. The minimum absolute atomic E-state index is 0.333. The molecule has 2 aromatic rings. The SMILES string of the molecule is COC(=O)c1sc(N)nc1-c1ccc(Cl)s1. The quantitative estimate of drug-likeness (QED) is 0.855. The van der Waals surface area contributed by atoms with Crippen LogP contribution in [0.15, 0.2) is 12.1 Å². The Kier molecular flexibility index (Phi) is 3.13. The van der Waals surface area contributed by atoms with Crippen LogP contribution in [0.5, 0.6) is 0 Å². The Morgan fingerprint density at radius 3 is 2.81 bits per heavy atom. The van der Waals surface area contributed by atoms with Gasteiger partial charge in [0.2, 0.25) is 0 Å². The third kappa shape index (κ3) is 2.04. The van der Waals surface area contributed by atoms with Gasteiger partial charge in [0.25, 0.3) is 0 Å². The van der Waals surface area contributed by atoms with Crippen molar-refractivity contribution in [3.05, 3.63) is 21.3 Å². The zero-order valence-electron chi connectivity index (χ0n) is 8.19. The summed E-state index contributed by atoms with van der Waals surface area (Å²) >= 11 is 8.28. The van der Waals surface area contributed by atoms with Crippen molar-refractivity contribution in [1.29, 1.82) is 0 Å². The number of hydrogen-bond acceptors (Lipinski definition) is 6. The Morgan fingerprint density at radius 2 is 2.25 bits per heavy atom. The van der Waals surface area contributed by atoms with Crippen LogP contribution in [0.25, 0.3) is 10.6 Å². The van der Waals surface area contributed by atoms with Gasteiger partial charge in [-0.1, -0.05) is 22.9 Å². The fourth-order valence-electron chi connectivity index (χ4n) is 1.18. The number of ether oxygens (including phenoxy) is 1. The van der Waals surface area contributed by atoms with E-state index in [1.54, 1.807) is 12.1 Å². The Bertz CT molecular complexity index is 535. The standard InChI is InChI=1S/C9H7ClN2O2S2/c1-14-8(13)7-6(12-9(11)16-7)4-2-3-5(10)15-4/h2-3H,1H3,(H2,11,12).